The number of amides is 1. The van der Waals surface area contributed by atoms with Crippen LogP contribution in [-0.4, -0.2) is 37.8 Å². The minimum absolute atomic E-state index is 0.129. The molecule has 0 radical (unpaired) electrons. The lowest BCUT2D eigenvalue weighted by molar-refractivity contribution is -0.122. The van der Waals surface area contributed by atoms with E-state index in [1.54, 1.807) is 0 Å². The van der Waals surface area contributed by atoms with E-state index >= 15 is 0 Å². The summed E-state index contributed by atoms with van der Waals surface area (Å²) in [5.74, 6) is 1.96. The predicted molar refractivity (Wildman–Crippen MR) is 131 cm³/mol. The Morgan fingerprint density at radius 3 is 2.48 bits per heavy atom. The van der Waals surface area contributed by atoms with Crippen molar-refractivity contribution in [3.63, 3.8) is 0 Å². The zero-order chi connectivity index (χ0) is 24.0. The number of aromatic nitrogens is 4. The van der Waals surface area contributed by atoms with Crippen molar-refractivity contribution in [3.05, 3.63) is 35.3 Å². The molecule has 0 atom stereocenters. The number of aryl methyl sites for hydroxylation is 2. The molecule has 7 nitrogen and oxygen atoms in total. The van der Waals surface area contributed by atoms with Gasteiger partial charge in [-0.15, -0.1) is 10.2 Å². The summed E-state index contributed by atoms with van der Waals surface area (Å²) in [6, 6.07) is 6.06. The van der Waals surface area contributed by atoms with E-state index < -0.39 is 0 Å². The normalized spacial score (nSPS) is 11.7. The Morgan fingerprint density at radius 2 is 1.76 bits per heavy atom. The largest absolute Gasteiger partial charge is 0.356 e. The minimum Gasteiger partial charge on any atom is -0.356 e. The molecule has 1 aromatic carbocycles. The van der Waals surface area contributed by atoms with Crippen LogP contribution in [0.3, 0.4) is 0 Å². The van der Waals surface area contributed by atoms with E-state index in [4.69, 9.17) is 4.98 Å². The highest BCUT2D eigenvalue weighted by molar-refractivity contribution is 5.84. The van der Waals surface area contributed by atoms with Gasteiger partial charge in [-0.05, 0) is 55.7 Å². The second-order valence-electron chi connectivity index (χ2n) is 9.86. The standard InChI is InChI=1S/C26H37N5O2/c1-17(2)13-21(32)15-20-10-11-24-23(16-20)28-22(26-30-29-19(5)31(24)26)9-7-6-8-12-27-25(33)14-18(3)4/h10-11,16-18H,6-9,12-15H2,1-5H3,(H,27,33). The maximum Gasteiger partial charge on any atom is 0.220 e. The van der Waals surface area contributed by atoms with Crippen LogP contribution in [0, 0.1) is 18.8 Å². The monoisotopic (exact) mass is 451 g/mol. The van der Waals surface area contributed by atoms with Gasteiger partial charge in [0.15, 0.2) is 5.65 Å². The number of carbonyl (C=O) groups is 2. The lowest BCUT2D eigenvalue weighted by Crippen LogP contribution is -2.25. The number of carbonyl (C=O) groups excluding carboxylic acids is 2. The van der Waals surface area contributed by atoms with Gasteiger partial charge in [0.25, 0.3) is 0 Å². The van der Waals surface area contributed by atoms with Gasteiger partial charge in [0, 0.05) is 25.8 Å². The number of hydrogen-bond acceptors (Lipinski definition) is 5. The van der Waals surface area contributed by atoms with Gasteiger partial charge in [0.2, 0.25) is 5.91 Å². The van der Waals surface area contributed by atoms with E-state index in [0.717, 1.165) is 59.4 Å². The van der Waals surface area contributed by atoms with Gasteiger partial charge >= 0.3 is 0 Å². The van der Waals surface area contributed by atoms with Gasteiger partial charge in [-0.25, -0.2) is 4.98 Å². The van der Waals surface area contributed by atoms with E-state index in [9.17, 15) is 9.59 Å². The molecule has 0 fully saturated rings. The first-order chi connectivity index (χ1) is 15.7. The average molecular weight is 452 g/mol. The number of nitrogens with zero attached hydrogens (tertiary/aromatic N) is 4. The van der Waals surface area contributed by atoms with Crippen LogP contribution in [-0.2, 0) is 22.4 Å². The van der Waals surface area contributed by atoms with Crippen LogP contribution in [0.15, 0.2) is 18.2 Å². The molecule has 178 valence electrons. The molecular formula is C26H37N5O2. The number of unbranched alkanes of at least 4 members (excludes halogenated alkanes) is 2. The number of ketones is 1. The molecule has 0 bridgehead atoms. The predicted octanol–water partition coefficient (Wildman–Crippen LogP) is 4.62. The molecule has 3 aromatic rings. The van der Waals surface area contributed by atoms with Crippen LogP contribution >= 0.6 is 0 Å². The summed E-state index contributed by atoms with van der Waals surface area (Å²) in [4.78, 5) is 29.0. The summed E-state index contributed by atoms with van der Waals surface area (Å²) in [5.41, 5.74) is 4.56. The number of nitrogens with one attached hydrogen (secondary N) is 1. The Morgan fingerprint density at radius 1 is 1.00 bits per heavy atom. The topological polar surface area (TPSA) is 89.2 Å². The van der Waals surface area contributed by atoms with Gasteiger partial charge in [0.05, 0.1) is 16.7 Å². The summed E-state index contributed by atoms with van der Waals surface area (Å²) in [7, 11) is 0. The van der Waals surface area contributed by atoms with Crippen molar-refractivity contribution in [1.29, 1.82) is 0 Å². The molecule has 0 saturated carbocycles. The highest BCUT2D eigenvalue weighted by atomic mass is 16.1. The van der Waals surface area contributed by atoms with Crippen molar-refractivity contribution in [1.82, 2.24) is 24.9 Å². The molecule has 2 aromatic heterocycles. The fourth-order valence-corrected chi connectivity index (χ4v) is 4.18. The van der Waals surface area contributed by atoms with Gasteiger partial charge < -0.3 is 5.32 Å². The zero-order valence-electron chi connectivity index (χ0n) is 20.6. The van der Waals surface area contributed by atoms with Gasteiger partial charge in [0.1, 0.15) is 11.6 Å². The fraction of sp³-hybridized carbons (Fsp3) is 0.577. The highest BCUT2D eigenvalue weighted by Crippen LogP contribution is 2.22. The number of rotatable bonds is 12. The fourth-order valence-electron chi connectivity index (χ4n) is 4.18. The maximum absolute atomic E-state index is 12.3. The second-order valence-corrected chi connectivity index (χ2v) is 9.86. The van der Waals surface area contributed by atoms with Crippen LogP contribution in [0.25, 0.3) is 16.7 Å². The molecule has 1 N–H and O–H groups in total. The second kappa shape index (κ2) is 11.3. The Labute approximate surface area is 196 Å². The van der Waals surface area contributed by atoms with Crippen LogP contribution in [0.1, 0.15) is 76.9 Å². The third-order valence-corrected chi connectivity index (χ3v) is 5.66. The Balaban J connectivity index is 1.69. The third-order valence-electron chi connectivity index (χ3n) is 5.66. The van der Waals surface area contributed by atoms with E-state index in [-0.39, 0.29) is 11.7 Å². The first kappa shape index (κ1) is 24.8. The molecule has 0 saturated heterocycles. The van der Waals surface area contributed by atoms with Crippen LogP contribution in [0.2, 0.25) is 0 Å². The maximum atomic E-state index is 12.3. The molecule has 0 unspecified atom stereocenters. The molecule has 0 aliphatic rings. The lowest BCUT2D eigenvalue weighted by Gasteiger charge is -2.10. The zero-order valence-corrected chi connectivity index (χ0v) is 20.6. The minimum atomic E-state index is 0.129. The molecule has 0 spiro atoms. The summed E-state index contributed by atoms with van der Waals surface area (Å²) >= 11 is 0. The van der Waals surface area contributed by atoms with E-state index in [1.165, 1.54) is 0 Å². The van der Waals surface area contributed by atoms with Gasteiger partial charge in [-0.2, -0.15) is 0 Å². The quantitative estimate of drug-likeness (QED) is 0.406. The average Bonchev–Trinajstić information content (AvgIpc) is 3.11. The molecular weight excluding hydrogens is 414 g/mol. The van der Waals surface area contributed by atoms with Crippen LogP contribution in [0.4, 0.5) is 0 Å². The van der Waals surface area contributed by atoms with Crippen molar-refractivity contribution in [3.8, 4) is 0 Å². The number of Topliss-reactive ketones (excluding diaryl/α,β-unsaturated/α-hetero) is 1. The number of hydrogen-bond donors (Lipinski definition) is 1. The smallest absolute Gasteiger partial charge is 0.220 e. The summed E-state index contributed by atoms with van der Waals surface area (Å²) in [5, 5.41) is 11.7. The summed E-state index contributed by atoms with van der Waals surface area (Å²) in [6.45, 7) is 10.9. The summed E-state index contributed by atoms with van der Waals surface area (Å²) in [6.07, 6.45) is 5.33. The number of benzene rings is 1. The van der Waals surface area contributed by atoms with E-state index in [1.807, 2.05) is 25.1 Å². The van der Waals surface area contributed by atoms with Crippen molar-refractivity contribution >= 4 is 28.4 Å². The highest BCUT2D eigenvalue weighted by Gasteiger charge is 2.14. The molecule has 0 aliphatic heterocycles. The van der Waals surface area contributed by atoms with Crippen LogP contribution < -0.4 is 5.32 Å². The molecule has 33 heavy (non-hydrogen) atoms. The summed E-state index contributed by atoms with van der Waals surface area (Å²) < 4.78 is 2.06. The van der Waals surface area contributed by atoms with Crippen LogP contribution in [0.5, 0.6) is 0 Å². The first-order valence-corrected chi connectivity index (χ1v) is 12.2. The van der Waals surface area contributed by atoms with Gasteiger partial charge in [-0.3, -0.25) is 14.0 Å². The van der Waals surface area contributed by atoms with E-state index in [0.29, 0.717) is 37.6 Å². The van der Waals surface area contributed by atoms with Crippen molar-refractivity contribution < 1.29 is 9.59 Å². The molecule has 1 amide bonds. The SMILES string of the molecule is Cc1nnc2c(CCCCCNC(=O)CC(C)C)nc3cc(CC(=O)CC(C)C)ccc3n12. The first-order valence-electron chi connectivity index (χ1n) is 12.2. The number of fused-ring (bicyclic) bond motifs is 3. The molecule has 0 aliphatic carbocycles. The van der Waals surface area contributed by atoms with Crippen molar-refractivity contribution in [2.75, 3.05) is 6.54 Å². The lowest BCUT2D eigenvalue weighted by atomic mass is 10.0. The van der Waals surface area contributed by atoms with Gasteiger partial charge in [-0.1, -0.05) is 40.2 Å². The third kappa shape index (κ3) is 6.83. The Hall–Kier alpha value is -2.83. The van der Waals surface area contributed by atoms with Crippen molar-refractivity contribution in [2.45, 2.75) is 79.6 Å². The molecule has 2 heterocycles. The Kier molecular flexibility index (Phi) is 8.53. The van der Waals surface area contributed by atoms with E-state index in [2.05, 4.69) is 47.6 Å². The molecule has 7 heteroatoms. The molecule has 3 rings (SSSR count). The van der Waals surface area contributed by atoms with Crippen molar-refractivity contribution in [2.24, 2.45) is 11.8 Å². The Bertz CT molecular complexity index is 1120.